The van der Waals surface area contributed by atoms with Crippen LogP contribution in [0.5, 0.6) is 0 Å². The van der Waals surface area contributed by atoms with Crippen LogP contribution in [-0.4, -0.2) is 23.5 Å². The zero-order chi connectivity index (χ0) is 28.8. The second-order valence-corrected chi connectivity index (χ2v) is 10.9. The summed E-state index contributed by atoms with van der Waals surface area (Å²) in [5.41, 5.74) is 4.34. The molecular formula is C30H30F4N2O3. The number of anilines is 1. The fourth-order valence-electron chi connectivity index (χ4n) is 5.40. The van der Waals surface area contributed by atoms with Gasteiger partial charge < -0.3 is 15.7 Å². The highest BCUT2D eigenvalue weighted by Crippen LogP contribution is 2.46. The number of carbonyl (C=O) groups excluding carboxylic acids is 1. The van der Waals surface area contributed by atoms with Crippen LogP contribution >= 0.6 is 0 Å². The van der Waals surface area contributed by atoms with Gasteiger partial charge in [-0.15, -0.1) is 0 Å². The molecule has 39 heavy (non-hydrogen) atoms. The lowest BCUT2D eigenvalue weighted by atomic mass is 9.77. The van der Waals surface area contributed by atoms with Crippen molar-refractivity contribution in [3.63, 3.8) is 0 Å². The third-order valence-corrected chi connectivity index (χ3v) is 7.37. The van der Waals surface area contributed by atoms with Crippen molar-refractivity contribution in [3.05, 3.63) is 99.9 Å². The van der Waals surface area contributed by atoms with Gasteiger partial charge in [-0.3, -0.25) is 4.79 Å². The summed E-state index contributed by atoms with van der Waals surface area (Å²) in [6, 6.07) is 14.1. The van der Waals surface area contributed by atoms with Gasteiger partial charge in [0, 0.05) is 13.0 Å². The number of aromatic carboxylic acids is 1. The standard InChI is InChI=1S/C30H30F4N2O3/c1-28(2,3)19-8-6-18(7-9-19)17-29(27(35)39,20-10-12-21(31)13-11-20)36-16-4-5-22-24(30(32,33)34)15-14-23(25(22)36)26(37)38/h6-15H,4-5,16-17H2,1-3H3,(H2,35,39)(H,37,38). The van der Waals surface area contributed by atoms with Crippen molar-refractivity contribution in [1.82, 2.24) is 0 Å². The molecule has 3 aromatic carbocycles. The molecule has 1 heterocycles. The fourth-order valence-corrected chi connectivity index (χ4v) is 5.40. The van der Waals surface area contributed by atoms with Gasteiger partial charge in [-0.1, -0.05) is 57.2 Å². The average Bonchev–Trinajstić information content (AvgIpc) is 2.85. The lowest BCUT2D eigenvalue weighted by molar-refractivity contribution is -0.138. The number of carboxylic acids is 1. The zero-order valence-corrected chi connectivity index (χ0v) is 21.9. The number of fused-ring (bicyclic) bond motifs is 1. The van der Waals surface area contributed by atoms with E-state index in [9.17, 15) is 32.3 Å². The Morgan fingerprint density at radius 2 is 1.51 bits per heavy atom. The van der Waals surface area contributed by atoms with Gasteiger partial charge in [0.15, 0.2) is 0 Å². The molecule has 3 aromatic rings. The quantitative estimate of drug-likeness (QED) is 0.363. The second-order valence-electron chi connectivity index (χ2n) is 10.9. The van der Waals surface area contributed by atoms with Gasteiger partial charge in [-0.2, -0.15) is 13.2 Å². The van der Waals surface area contributed by atoms with Crippen LogP contribution < -0.4 is 10.6 Å². The summed E-state index contributed by atoms with van der Waals surface area (Å²) in [5.74, 6) is -2.90. The molecule has 9 heteroatoms. The number of amides is 1. The van der Waals surface area contributed by atoms with Crippen LogP contribution in [0.3, 0.4) is 0 Å². The minimum absolute atomic E-state index is 0.0274. The first-order valence-electron chi connectivity index (χ1n) is 12.6. The third-order valence-electron chi connectivity index (χ3n) is 7.37. The Hall–Kier alpha value is -3.88. The van der Waals surface area contributed by atoms with Crippen molar-refractivity contribution in [2.24, 2.45) is 5.73 Å². The molecule has 1 aliphatic rings. The fraction of sp³-hybridized carbons (Fsp3) is 0.333. The molecular weight excluding hydrogens is 512 g/mol. The maximum Gasteiger partial charge on any atom is 0.416 e. The number of benzene rings is 3. The van der Waals surface area contributed by atoms with E-state index in [4.69, 9.17) is 5.73 Å². The summed E-state index contributed by atoms with van der Waals surface area (Å²) in [5, 5.41) is 9.99. The Morgan fingerprint density at radius 1 is 0.923 bits per heavy atom. The molecule has 0 aromatic heterocycles. The average molecular weight is 543 g/mol. The van der Waals surface area contributed by atoms with E-state index in [1.807, 2.05) is 45.0 Å². The number of carboxylic acid groups (broad SMARTS) is 1. The van der Waals surface area contributed by atoms with Gasteiger partial charge in [0.25, 0.3) is 0 Å². The molecule has 206 valence electrons. The smallest absolute Gasteiger partial charge is 0.416 e. The molecule has 0 fully saturated rings. The van der Waals surface area contributed by atoms with Crippen LogP contribution in [-0.2, 0) is 34.8 Å². The predicted molar refractivity (Wildman–Crippen MR) is 140 cm³/mol. The van der Waals surface area contributed by atoms with Crippen LogP contribution in [0.15, 0.2) is 60.7 Å². The lowest BCUT2D eigenvalue weighted by Gasteiger charge is -2.47. The summed E-state index contributed by atoms with van der Waals surface area (Å²) in [6.45, 7) is 6.20. The Morgan fingerprint density at radius 3 is 2.03 bits per heavy atom. The summed E-state index contributed by atoms with van der Waals surface area (Å²) in [6.07, 6.45) is -4.62. The van der Waals surface area contributed by atoms with E-state index in [0.29, 0.717) is 5.56 Å². The van der Waals surface area contributed by atoms with E-state index in [0.717, 1.165) is 29.8 Å². The number of halogens is 4. The topological polar surface area (TPSA) is 83.6 Å². The third kappa shape index (κ3) is 5.22. The second kappa shape index (κ2) is 10.0. The number of nitrogens with two attached hydrogens (primary N) is 1. The number of hydrogen-bond donors (Lipinski definition) is 2. The summed E-state index contributed by atoms with van der Waals surface area (Å²) >= 11 is 0. The van der Waals surface area contributed by atoms with Gasteiger partial charge in [0.1, 0.15) is 11.4 Å². The molecule has 0 saturated carbocycles. The number of hydrogen-bond acceptors (Lipinski definition) is 3. The Balaban J connectivity index is 2.01. The largest absolute Gasteiger partial charge is 0.478 e. The van der Waals surface area contributed by atoms with Crippen LogP contribution in [0, 0.1) is 5.82 Å². The maximum absolute atomic E-state index is 14.0. The van der Waals surface area contributed by atoms with Crippen LogP contribution in [0.2, 0.25) is 0 Å². The molecule has 0 saturated heterocycles. The van der Waals surface area contributed by atoms with Crippen LogP contribution in [0.1, 0.15) is 65.4 Å². The van der Waals surface area contributed by atoms with Crippen molar-refractivity contribution in [2.75, 3.05) is 11.4 Å². The SMILES string of the molecule is CC(C)(C)c1ccc(CC(C(N)=O)(c2ccc(F)cc2)N2CCCc3c(C(F)(F)F)ccc(C(=O)O)c32)cc1. The minimum atomic E-state index is -4.74. The number of primary amides is 1. The highest BCUT2D eigenvalue weighted by molar-refractivity contribution is 5.99. The Labute approximate surface area is 224 Å². The molecule has 5 nitrogen and oxygen atoms in total. The van der Waals surface area contributed by atoms with E-state index in [-0.39, 0.29) is 53.6 Å². The number of nitrogens with zero attached hydrogens (tertiary/aromatic N) is 1. The van der Waals surface area contributed by atoms with E-state index >= 15 is 0 Å². The normalized spacial score (nSPS) is 15.4. The lowest BCUT2D eigenvalue weighted by Crippen LogP contribution is -2.58. The summed E-state index contributed by atoms with van der Waals surface area (Å²) < 4.78 is 56.1. The first-order valence-corrected chi connectivity index (χ1v) is 12.6. The van der Waals surface area contributed by atoms with Gasteiger partial charge in [0.05, 0.1) is 16.8 Å². The van der Waals surface area contributed by atoms with Crippen molar-refractivity contribution < 1.29 is 32.3 Å². The van der Waals surface area contributed by atoms with E-state index in [2.05, 4.69) is 0 Å². The molecule has 0 radical (unpaired) electrons. The van der Waals surface area contributed by atoms with Gasteiger partial charge >= 0.3 is 12.1 Å². The molecule has 1 amide bonds. The van der Waals surface area contributed by atoms with E-state index < -0.39 is 35.0 Å². The first-order chi connectivity index (χ1) is 18.2. The molecule has 1 atom stereocenters. The monoisotopic (exact) mass is 542 g/mol. The molecule has 1 unspecified atom stereocenters. The number of carbonyl (C=O) groups is 2. The first kappa shape index (κ1) is 28.1. The van der Waals surface area contributed by atoms with Crippen molar-refractivity contribution in [3.8, 4) is 0 Å². The Bertz CT molecular complexity index is 1390. The van der Waals surface area contributed by atoms with Gasteiger partial charge in [0.2, 0.25) is 5.91 Å². The number of alkyl halides is 3. The van der Waals surface area contributed by atoms with E-state index in [1.165, 1.54) is 17.0 Å². The molecule has 1 aliphatic heterocycles. The van der Waals surface area contributed by atoms with E-state index in [1.54, 1.807) is 0 Å². The molecule has 4 rings (SSSR count). The molecule has 0 aliphatic carbocycles. The number of rotatable bonds is 6. The highest BCUT2D eigenvalue weighted by atomic mass is 19.4. The summed E-state index contributed by atoms with van der Waals surface area (Å²) in [7, 11) is 0. The molecule has 3 N–H and O–H groups in total. The highest BCUT2D eigenvalue weighted by Gasteiger charge is 2.49. The van der Waals surface area contributed by atoms with Crippen molar-refractivity contribution >= 4 is 17.6 Å². The predicted octanol–water partition coefficient (Wildman–Crippen LogP) is 6.22. The van der Waals surface area contributed by atoms with Gasteiger partial charge in [-0.05, 0) is 64.8 Å². The van der Waals surface area contributed by atoms with Crippen molar-refractivity contribution in [1.29, 1.82) is 0 Å². The van der Waals surface area contributed by atoms with Crippen LogP contribution in [0.4, 0.5) is 23.2 Å². The van der Waals surface area contributed by atoms with Crippen molar-refractivity contribution in [2.45, 2.75) is 57.2 Å². The molecule has 0 spiro atoms. The van der Waals surface area contributed by atoms with Crippen LogP contribution in [0.25, 0.3) is 0 Å². The zero-order valence-electron chi connectivity index (χ0n) is 21.9. The maximum atomic E-state index is 14.0. The minimum Gasteiger partial charge on any atom is -0.478 e. The van der Waals surface area contributed by atoms with Gasteiger partial charge in [-0.25, -0.2) is 9.18 Å². The molecule has 0 bridgehead atoms. The Kier molecular flexibility index (Phi) is 7.23. The summed E-state index contributed by atoms with van der Waals surface area (Å²) in [4.78, 5) is 27.2.